The minimum Gasteiger partial charge on any atom is -0.465 e. The quantitative estimate of drug-likeness (QED) is 0.522. The maximum Gasteiger partial charge on any atom is 0.352 e. The molecule has 0 aromatic heterocycles. The maximum atomic E-state index is 11.9. The van der Waals surface area contributed by atoms with Crippen LogP contribution in [-0.2, 0) is 9.53 Å². The monoisotopic (exact) mass is 300 g/mol. The van der Waals surface area contributed by atoms with Gasteiger partial charge in [-0.3, -0.25) is 4.90 Å². The molecule has 0 spiro atoms. The van der Waals surface area contributed by atoms with Gasteiger partial charge in [0.2, 0.25) is 0 Å². The predicted octanol–water partition coefficient (Wildman–Crippen LogP) is 2.12. The largest absolute Gasteiger partial charge is 0.465 e. The number of benzene rings is 1. The molecule has 1 aliphatic heterocycles. The summed E-state index contributed by atoms with van der Waals surface area (Å²) in [6.07, 6.45) is 0.839. The molecule has 1 aromatic rings. The Balaban J connectivity index is 2.62. The third kappa shape index (κ3) is 2.63. The molecule has 1 aromatic carbocycles. The Kier molecular flexibility index (Phi) is 4.68. The first-order chi connectivity index (χ1) is 10.5. The Hall–Kier alpha value is -2.52. The molecule has 1 unspecified atom stereocenters. The zero-order valence-corrected chi connectivity index (χ0v) is 13.3. The fraction of sp³-hybridized carbons (Fsp3) is 0.375. The van der Waals surface area contributed by atoms with Crippen molar-refractivity contribution in [3.63, 3.8) is 0 Å². The number of hydrogen-bond donors (Lipinski definition) is 1. The van der Waals surface area contributed by atoms with E-state index in [0.29, 0.717) is 5.82 Å². The van der Waals surface area contributed by atoms with Crippen molar-refractivity contribution < 1.29 is 9.53 Å². The molecule has 0 saturated carbocycles. The summed E-state index contributed by atoms with van der Waals surface area (Å²) in [6, 6.07) is 9.69. The topological polar surface area (TPSA) is 68.6 Å². The number of methoxy groups -OCH3 is 1. The van der Waals surface area contributed by atoms with Gasteiger partial charge in [0.25, 0.3) is 0 Å². The molecule has 0 aliphatic carbocycles. The number of carbonyl (C=O) groups excluding carboxylic acids is 1. The van der Waals surface area contributed by atoms with E-state index in [1.54, 1.807) is 0 Å². The Labute approximate surface area is 130 Å². The van der Waals surface area contributed by atoms with Gasteiger partial charge in [-0.05, 0) is 32.6 Å². The highest BCUT2D eigenvalue weighted by atomic mass is 16.5. The van der Waals surface area contributed by atoms with Crippen LogP contribution in [0.1, 0.15) is 13.3 Å². The number of ether oxygens (including phenoxy) is 1. The molecule has 22 heavy (non-hydrogen) atoms. The van der Waals surface area contributed by atoms with Gasteiger partial charge in [0, 0.05) is 0 Å². The van der Waals surface area contributed by atoms with Crippen molar-refractivity contribution in [2.75, 3.05) is 31.4 Å². The molecule has 0 bridgehead atoms. The van der Waals surface area contributed by atoms with Gasteiger partial charge in [-0.25, -0.2) is 4.79 Å². The van der Waals surface area contributed by atoms with Crippen molar-refractivity contribution in [3.8, 4) is 6.07 Å². The first-order valence-corrected chi connectivity index (χ1v) is 7.09. The van der Waals surface area contributed by atoms with Crippen LogP contribution in [0.4, 0.5) is 11.4 Å². The molecule has 0 radical (unpaired) electrons. The van der Waals surface area contributed by atoms with Crippen molar-refractivity contribution >= 4 is 17.3 Å². The number of rotatable bonds is 4. The molecule has 116 valence electrons. The van der Waals surface area contributed by atoms with Crippen LogP contribution in [-0.4, -0.2) is 38.2 Å². The second kappa shape index (κ2) is 6.50. The van der Waals surface area contributed by atoms with Crippen molar-refractivity contribution in [1.82, 2.24) is 4.90 Å². The molecule has 0 saturated heterocycles. The molecule has 0 fully saturated rings. The number of hydrogen-bond acceptors (Lipinski definition) is 6. The molecule has 1 N–H and O–H groups in total. The average molecular weight is 300 g/mol. The van der Waals surface area contributed by atoms with E-state index in [1.807, 2.05) is 49.3 Å². The van der Waals surface area contributed by atoms with E-state index in [1.165, 1.54) is 7.11 Å². The highest BCUT2D eigenvalue weighted by Gasteiger charge is 2.34. The van der Waals surface area contributed by atoms with Crippen LogP contribution >= 0.6 is 0 Å². The van der Waals surface area contributed by atoms with Gasteiger partial charge >= 0.3 is 5.97 Å². The Morgan fingerprint density at radius 1 is 1.45 bits per heavy atom. The smallest absolute Gasteiger partial charge is 0.352 e. The second-order valence-electron chi connectivity index (χ2n) is 5.19. The lowest BCUT2D eigenvalue weighted by Crippen LogP contribution is -2.44. The number of esters is 1. The predicted molar refractivity (Wildman–Crippen MR) is 85.0 cm³/mol. The summed E-state index contributed by atoms with van der Waals surface area (Å²) in [5.74, 6) is -0.174. The summed E-state index contributed by atoms with van der Waals surface area (Å²) in [5, 5.41) is 12.6. The normalized spacial score (nSPS) is 16.6. The van der Waals surface area contributed by atoms with Gasteiger partial charge < -0.3 is 15.0 Å². The Morgan fingerprint density at radius 3 is 2.68 bits per heavy atom. The van der Waals surface area contributed by atoms with Crippen LogP contribution in [0.2, 0.25) is 0 Å². The average Bonchev–Trinajstić information content (AvgIpc) is 2.87. The van der Waals surface area contributed by atoms with E-state index < -0.39 is 5.97 Å². The molecule has 6 nitrogen and oxygen atoms in total. The van der Waals surface area contributed by atoms with Gasteiger partial charge in [-0.2, -0.15) is 5.26 Å². The molecule has 1 aliphatic rings. The zero-order chi connectivity index (χ0) is 16.3. The van der Waals surface area contributed by atoms with E-state index in [-0.39, 0.29) is 11.7 Å². The highest BCUT2D eigenvalue weighted by Crippen LogP contribution is 2.39. The lowest BCUT2D eigenvalue weighted by Gasteiger charge is -2.34. The number of anilines is 2. The van der Waals surface area contributed by atoms with E-state index in [9.17, 15) is 10.1 Å². The van der Waals surface area contributed by atoms with Crippen molar-refractivity contribution in [3.05, 3.63) is 35.7 Å². The standard InChI is InChI=1S/C16H20N4O2/c1-5-14(19(2)3)20-13-9-7-6-8-12(13)18-15(20)11(10-17)16(21)22-4/h6-9,14,18H,5H2,1-4H3/b15-11+. The Bertz CT molecular complexity index is 646. The number of fused-ring (bicyclic) bond motifs is 1. The summed E-state index contributed by atoms with van der Waals surface area (Å²) < 4.78 is 4.74. The third-order valence-electron chi connectivity index (χ3n) is 3.65. The summed E-state index contributed by atoms with van der Waals surface area (Å²) in [7, 11) is 5.21. The van der Waals surface area contributed by atoms with Crippen LogP contribution in [0.5, 0.6) is 0 Å². The van der Waals surface area contributed by atoms with E-state index in [0.717, 1.165) is 17.8 Å². The number of para-hydroxylation sites is 2. The van der Waals surface area contributed by atoms with Gasteiger partial charge in [0.1, 0.15) is 11.9 Å². The van der Waals surface area contributed by atoms with Gasteiger partial charge in [-0.1, -0.05) is 19.1 Å². The van der Waals surface area contributed by atoms with Crippen LogP contribution < -0.4 is 10.2 Å². The fourth-order valence-corrected chi connectivity index (χ4v) is 2.67. The molecule has 1 atom stereocenters. The molecule has 6 heteroatoms. The van der Waals surface area contributed by atoms with Crippen molar-refractivity contribution in [2.24, 2.45) is 0 Å². The molecular formula is C16H20N4O2. The Morgan fingerprint density at radius 2 is 2.14 bits per heavy atom. The highest BCUT2D eigenvalue weighted by molar-refractivity contribution is 5.97. The summed E-state index contributed by atoms with van der Waals surface area (Å²) in [5.41, 5.74) is 1.78. The lowest BCUT2D eigenvalue weighted by atomic mass is 10.2. The second-order valence-corrected chi connectivity index (χ2v) is 5.19. The SMILES string of the molecule is CCC(N(C)C)N1/C(=C(\C#N)C(=O)OC)Nc2ccccc21. The van der Waals surface area contributed by atoms with Gasteiger partial charge in [0.05, 0.1) is 24.7 Å². The van der Waals surface area contributed by atoms with Gasteiger partial charge in [0.15, 0.2) is 5.57 Å². The van der Waals surface area contributed by atoms with E-state index in [2.05, 4.69) is 17.1 Å². The first kappa shape index (κ1) is 15.9. The molecular weight excluding hydrogens is 280 g/mol. The minimum atomic E-state index is -0.642. The number of carbonyl (C=O) groups is 1. The molecule has 1 heterocycles. The fourth-order valence-electron chi connectivity index (χ4n) is 2.67. The molecule has 2 rings (SSSR count). The van der Waals surface area contributed by atoms with Crippen molar-refractivity contribution in [2.45, 2.75) is 19.5 Å². The zero-order valence-electron chi connectivity index (χ0n) is 13.3. The van der Waals surface area contributed by atoms with Crippen molar-refractivity contribution in [1.29, 1.82) is 5.26 Å². The maximum absolute atomic E-state index is 11.9. The van der Waals surface area contributed by atoms with Crippen LogP contribution in [0, 0.1) is 11.3 Å². The van der Waals surface area contributed by atoms with Crippen LogP contribution in [0.3, 0.4) is 0 Å². The lowest BCUT2D eigenvalue weighted by molar-refractivity contribution is -0.135. The molecule has 0 amide bonds. The van der Waals surface area contributed by atoms with Crippen LogP contribution in [0.25, 0.3) is 0 Å². The van der Waals surface area contributed by atoms with E-state index >= 15 is 0 Å². The number of nitriles is 1. The van der Waals surface area contributed by atoms with Crippen LogP contribution in [0.15, 0.2) is 35.7 Å². The third-order valence-corrected chi connectivity index (χ3v) is 3.65. The minimum absolute atomic E-state index is 0.0131. The summed E-state index contributed by atoms with van der Waals surface area (Å²) in [6.45, 7) is 2.06. The summed E-state index contributed by atoms with van der Waals surface area (Å²) in [4.78, 5) is 16.0. The first-order valence-electron chi connectivity index (χ1n) is 7.09. The number of nitrogens with zero attached hydrogens (tertiary/aromatic N) is 3. The van der Waals surface area contributed by atoms with E-state index in [4.69, 9.17) is 4.74 Å². The summed E-state index contributed by atoms with van der Waals surface area (Å²) >= 11 is 0. The van der Waals surface area contributed by atoms with Gasteiger partial charge in [-0.15, -0.1) is 0 Å². The number of nitrogens with one attached hydrogen (secondary N) is 1.